The van der Waals surface area contributed by atoms with Gasteiger partial charge in [0, 0.05) is 30.6 Å². The summed E-state index contributed by atoms with van der Waals surface area (Å²) >= 11 is 1.14. The molecular weight excluding hydrogens is 337 g/mol. The van der Waals surface area contributed by atoms with Crippen LogP contribution in [0, 0.1) is 0 Å². The number of benzene rings is 1. The zero-order chi connectivity index (χ0) is 15.5. The lowest BCUT2D eigenvalue weighted by Crippen LogP contribution is -2.51. The van der Waals surface area contributed by atoms with Crippen LogP contribution in [-0.4, -0.2) is 42.2 Å². The van der Waals surface area contributed by atoms with Crippen molar-refractivity contribution in [1.82, 2.24) is 10.2 Å². The second-order valence-electron chi connectivity index (χ2n) is 5.01. The minimum absolute atomic E-state index is 0. The predicted octanol–water partition coefficient (Wildman–Crippen LogP) is 3.04. The van der Waals surface area contributed by atoms with Gasteiger partial charge < -0.3 is 10.2 Å². The Kier molecular flexibility index (Phi) is 7.02. The van der Waals surface area contributed by atoms with Gasteiger partial charge in [0.25, 0.3) is 0 Å². The summed E-state index contributed by atoms with van der Waals surface area (Å²) in [5, 5.41) is 3.24. The average Bonchev–Trinajstić information content (AvgIpc) is 2.44. The highest BCUT2D eigenvalue weighted by Crippen LogP contribution is 2.31. The first kappa shape index (κ1) is 19.1. The van der Waals surface area contributed by atoms with Crippen LogP contribution in [0.1, 0.15) is 12.5 Å². The van der Waals surface area contributed by atoms with Crippen molar-refractivity contribution in [2.45, 2.75) is 24.0 Å². The number of rotatable bonds is 3. The number of nitrogens with one attached hydrogen (secondary N) is 1. The van der Waals surface area contributed by atoms with E-state index >= 15 is 0 Å². The van der Waals surface area contributed by atoms with Crippen LogP contribution in [0.15, 0.2) is 29.2 Å². The first-order valence-corrected chi connectivity index (χ1v) is 7.66. The molecule has 1 aliphatic heterocycles. The quantitative estimate of drug-likeness (QED) is 0.847. The number of alkyl halides is 3. The van der Waals surface area contributed by atoms with Gasteiger partial charge in [0.1, 0.15) is 0 Å². The fourth-order valence-corrected chi connectivity index (χ4v) is 3.02. The van der Waals surface area contributed by atoms with Gasteiger partial charge in [-0.2, -0.15) is 13.2 Å². The minimum atomic E-state index is -4.35. The second kappa shape index (κ2) is 8.08. The van der Waals surface area contributed by atoms with E-state index in [1.54, 1.807) is 11.0 Å². The standard InChI is InChI=1S/C14H17F3N2OS.ClH/c1-10-8-19(6-5-18-10)13(20)9-21-12-4-2-3-11(7-12)14(15,16)17;/h2-4,7,10,18H,5-6,8-9H2,1H3;1H. The topological polar surface area (TPSA) is 32.3 Å². The summed E-state index contributed by atoms with van der Waals surface area (Å²) in [5.74, 6) is 0.124. The van der Waals surface area contributed by atoms with Gasteiger partial charge in [0.2, 0.25) is 5.91 Å². The van der Waals surface area contributed by atoms with E-state index in [0.717, 1.165) is 30.4 Å². The fraction of sp³-hybridized carbons (Fsp3) is 0.500. The number of amides is 1. The highest BCUT2D eigenvalue weighted by atomic mass is 35.5. The van der Waals surface area contributed by atoms with E-state index < -0.39 is 11.7 Å². The van der Waals surface area contributed by atoms with Crippen molar-refractivity contribution < 1.29 is 18.0 Å². The summed E-state index contributed by atoms with van der Waals surface area (Å²) in [5.41, 5.74) is -0.684. The normalized spacial score (nSPS) is 18.7. The molecule has 8 heteroatoms. The lowest BCUT2D eigenvalue weighted by Gasteiger charge is -2.31. The van der Waals surface area contributed by atoms with Crippen LogP contribution in [0.2, 0.25) is 0 Å². The average molecular weight is 355 g/mol. The highest BCUT2D eigenvalue weighted by Gasteiger charge is 2.30. The molecule has 124 valence electrons. The maximum Gasteiger partial charge on any atom is 0.416 e. The number of hydrogen-bond donors (Lipinski definition) is 1. The maximum atomic E-state index is 12.6. The summed E-state index contributed by atoms with van der Waals surface area (Å²) in [4.78, 5) is 14.3. The number of halogens is 4. The lowest BCUT2D eigenvalue weighted by molar-refractivity contribution is -0.137. The van der Waals surface area contributed by atoms with Crippen LogP contribution in [0.5, 0.6) is 0 Å². The van der Waals surface area contributed by atoms with Crippen molar-refractivity contribution in [1.29, 1.82) is 0 Å². The van der Waals surface area contributed by atoms with Crippen molar-refractivity contribution in [3.05, 3.63) is 29.8 Å². The van der Waals surface area contributed by atoms with E-state index in [9.17, 15) is 18.0 Å². The van der Waals surface area contributed by atoms with Gasteiger partial charge >= 0.3 is 6.18 Å². The first-order valence-electron chi connectivity index (χ1n) is 6.67. The summed E-state index contributed by atoms with van der Waals surface area (Å²) in [6.45, 7) is 4.04. The number of carbonyl (C=O) groups is 1. The molecular formula is C14H18ClF3N2OS. The Bertz CT molecular complexity index is 513. The van der Waals surface area contributed by atoms with Crippen molar-refractivity contribution in [3.63, 3.8) is 0 Å². The number of thioether (sulfide) groups is 1. The highest BCUT2D eigenvalue weighted by molar-refractivity contribution is 8.00. The molecule has 1 amide bonds. The third kappa shape index (κ3) is 5.37. The van der Waals surface area contributed by atoms with Gasteiger partial charge in [-0.1, -0.05) is 6.07 Å². The fourth-order valence-electron chi connectivity index (χ4n) is 2.16. The molecule has 0 spiro atoms. The van der Waals surface area contributed by atoms with Crippen molar-refractivity contribution in [3.8, 4) is 0 Å². The largest absolute Gasteiger partial charge is 0.416 e. The van der Waals surface area contributed by atoms with Crippen molar-refractivity contribution >= 4 is 30.1 Å². The van der Waals surface area contributed by atoms with E-state index in [4.69, 9.17) is 0 Å². The van der Waals surface area contributed by atoms with Crippen LogP contribution in [0.3, 0.4) is 0 Å². The maximum absolute atomic E-state index is 12.6. The van der Waals surface area contributed by atoms with Crippen LogP contribution in [0.25, 0.3) is 0 Å². The molecule has 1 aliphatic rings. The molecule has 1 aromatic carbocycles. The summed E-state index contributed by atoms with van der Waals surface area (Å²) in [6.07, 6.45) is -4.35. The third-order valence-corrected chi connectivity index (χ3v) is 4.22. The molecule has 1 unspecified atom stereocenters. The molecule has 0 aromatic heterocycles. The molecule has 0 bridgehead atoms. The number of hydrogen-bond acceptors (Lipinski definition) is 3. The number of nitrogens with zero attached hydrogens (tertiary/aromatic N) is 1. The Labute approximate surface area is 138 Å². The minimum Gasteiger partial charge on any atom is -0.339 e. The van der Waals surface area contributed by atoms with Gasteiger partial charge in [0.15, 0.2) is 0 Å². The van der Waals surface area contributed by atoms with Crippen LogP contribution in [0.4, 0.5) is 13.2 Å². The molecule has 1 heterocycles. The zero-order valence-electron chi connectivity index (χ0n) is 12.0. The smallest absolute Gasteiger partial charge is 0.339 e. The Balaban J connectivity index is 0.00000242. The van der Waals surface area contributed by atoms with E-state index in [-0.39, 0.29) is 30.1 Å². The first-order chi connectivity index (χ1) is 9.86. The van der Waals surface area contributed by atoms with E-state index in [1.165, 1.54) is 6.07 Å². The number of carbonyl (C=O) groups excluding carboxylic acids is 1. The van der Waals surface area contributed by atoms with Crippen molar-refractivity contribution in [2.75, 3.05) is 25.4 Å². The SMILES string of the molecule is CC1CN(C(=O)CSc2cccc(C(F)(F)F)c2)CCN1.Cl. The Morgan fingerprint density at radius 3 is 2.82 bits per heavy atom. The molecule has 0 aliphatic carbocycles. The summed E-state index contributed by atoms with van der Waals surface area (Å²) in [6, 6.07) is 5.32. The Hall–Kier alpha value is -0.920. The predicted molar refractivity (Wildman–Crippen MR) is 83.5 cm³/mol. The third-order valence-electron chi connectivity index (χ3n) is 3.25. The molecule has 3 nitrogen and oxygen atoms in total. The van der Waals surface area contributed by atoms with E-state index in [0.29, 0.717) is 18.0 Å². The van der Waals surface area contributed by atoms with Gasteiger partial charge in [-0.15, -0.1) is 24.2 Å². The molecule has 0 radical (unpaired) electrons. The van der Waals surface area contributed by atoms with Gasteiger partial charge in [0.05, 0.1) is 11.3 Å². The zero-order valence-corrected chi connectivity index (χ0v) is 13.7. The summed E-state index contributed by atoms with van der Waals surface area (Å²) in [7, 11) is 0. The summed E-state index contributed by atoms with van der Waals surface area (Å²) < 4.78 is 37.8. The molecule has 0 saturated carbocycles. The van der Waals surface area contributed by atoms with Crippen molar-refractivity contribution in [2.24, 2.45) is 0 Å². The monoisotopic (exact) mass is 354 g/mol. The van der Waals surface area contributed by atoms with Crippen LogP contribution >= 0.6 is 24.2 Å². The molecule has 22 heavy (non-hydrogen) atoms. The lowest BCUT2D eigenvalue weighted by atomic mass is 10.2. The molecule has 1 saturated heterocycles. The Morgan fingerprint density at radius 1 is 1.45 bits per heavy atom. The molecule has 1 N–H and O–H groups in total. The van der Waals surface area contributed by atoms with Crippen LogP contribution < -0.4 is 5.32 Å². The van der Waals surface area contributed by atoms with E-state index in [2.05, 4.69) is 5.32 Å². The van der Waals surface area contributed by atoms with Crippen LogP contribution in [-0.2, 0) is 11.0 Å². The molecule has 1 aromatic rings. The Morgan fingerprint density at radius 2 is 2.18 bits per heavy atom. The van der Waals surface area contributed by atoms with Gasteiger partial charge in [-0.05, 0) is 25.1 Å². The number of piperazine rings is 1. The molecule has 1 atom stereocenters. The van der Waals surface area contributed by atoms with E-state index in [1.807, 2.05) is 6.92 Å². The van der Waals surface area contributed by atoms with Gasteiger partial charge in [-0.25, -0.2) is 0 Å². The van der Waals surface area contributed by atoms with Gasteiger partial charge in [-0.3, -0.25) is 4.79 Å². The second-order valence-corrected chi connectivity index (χ2v) is 6.06. The molecule has 2 rings (SSSR count). The molecule has 1 fully saturated rings.